The third-order valence-corrected chi connectivity index (χ3v) is 3.28. The summed E-state index contributed by atoms with van der Waals surface area (Å²) in [6, 6.07) is 5.53. The van der Waals surface area contributed by atoms with E-state index in [0.717, 1.165) is 24.0 Å². The molecule has 90 valence electrons. The highest BCUT2D eigenvalue weighted by atomic mass is 16.3. The minimum Gasteiger partial charge on any atom is -0.508 e. The second-order valence-electron chi connectivity index (χ2n) is 4.56. The second kappa shape index (κ2) is 4.62. The Hall–Kier alpha value is -1.77. The molecule has 2 N–H and O–H groups in total. The van der Waals surface area contributed by atoms with Crippen molar-refractivity contribution in [2.24, 2.45) is 5.92 Å². The van der Waals surface area contributed by atoms with Gasteiger partial charge in [0.05, 0.1) is 6.04 Å². The van der Waals surface area contributed by atoms with Crippen molar-refractivity contribution in [3.63, 3.8) is 0 Å². The van der Waals surface area contributed by atoms with Crippen LogP contribution in [0.5, 0.6) is 5.75 Å². The first kappa shape index (κ1) is 11.7. The molecule has 17 heavy (non-hydrogen) atoms. The molecule has 0 spiro atoms. The lowest BCUT2D eigenvalue weighted by atomic mass is 9.96. The highest BCUT2D eigenvalue weighted by Gasteiger charge is 2.31. The largest absolute Gasteiger partial charge is 0.508 e. The summed E-state index contributed by atoms with van der Waals surface area (Å²) in [5, 5.41) is 12.5. The van der Waals surface area contributed by atoms with Gasteiger partial charge in [-0.2, -0.15) is 0 Å². The Morgan fingerprint density at radius 2 is 2.35 bits per heavy atom. The molecule has 0 saturated carbocycles. The minimum absolute atomic E-state index is 0.0339. The van der Waals surface area contributed by atoms with E-state index in [2.05, 4.69) is 11.9 Å². The number of rotatable bonds is 3. The van der Waals surface area contributed by atoms with Crippen molar-refractivity contribution in [3.8, 4) is 5.75 Å². The molecule has 1 aromatic carbocycles. The zero-order valence-corrected chi connectivity index (χ0v) is 9.94. The molecule has 1 amide bonds. The molecule has 1 saturated heterocycles. The van der Waals surface area contributed by atoms with Crippen LogP contribution in [0, 0.1) is 12.8 Å². The van der Waals surface area contributed by atoms with E-state index in [4.69, 9.17) is 0 Å². The molecule has 0 radical (unpaired) electrons. The average Bonchev–Trinajstić information content (AvgIpc) is 2.65. The van der Waals surface area contributed by atoms with Crippen LogP contribution in [-0.4, -0.2) is 11.0 Å². The molecule has 0 aliphatic carbocycles. The van der Waals surface area contributed by atoms with Gasteiger partial charge in [-0.25, -0.2) is 0 Å². The van der Waals surface area contributed by atoms with E-state index in [0.29, 0.717) is 5.75 Å². The van der Waals surface area contributed by atoms with Crippen molar-refractivity contribution in [1.29, 1.82) is 0 Å². The number of benzene rings is 1. The number of amides is 1. The molecule has 1 aliphatic heterocycles. The van der Waals surface area contributed by atoms with Gasteiger partial charge < -0.3 is 10.4 Å². The highest BCUT2D eigenvalue weighted by Crippen LogP contribution is 2.31. The lowest BCUT2D eigenvalue weighted by Crippen LogP contribution is -2.21. The van der Waals surface area contributed by atoms with Crippen LogP contribution in [0.4, 0.5) is 0 Å². The molecule has 3 nitrogen and oxygen atoms in total. The van der Waals surface area contributed by atoms with Crippen molar-refractivity contribution in [3.05, 3.63) is 42.0 Å². The number of aryl methyl sites for hydroxylation is 1. The van der Waals surface area contributed by atoms with Crippen LogP contribution < -0.4 is 5.32 Å². The summed E-state index contributed by atoms with van der Waals surface area (Å²) in [6.45, 7) is 5.53. The minimum atomic E-state index is 0.0339. The average molecular weight is 231 g/mol. The Balaban J connectivity index is 2.16. The monoisotopic (exact) mass is 231 g/mol. The maximum atomic E-state index is 11.7. The summed E-state index contributed by atoms with van der Waals surface area (Å²) >= 11 is 0. The molecule has 0 aromatic heterocycles. The lowest BCUT2D eigenvalue weighted by Gasteiger charge is -2.11. The fourth-order valence-electron chi connectivity index (χ4n) is 2.26. The van der Waals surface area contributed by atoms with Gasteiger partial charge in [0, 0.05) is 5.92 Å². The van der Waals surface area contributed by atoms with E-state index in [1.165, 1.54) is 0 Å². The number of phenols is 1. The third-order valence-electron chi connectivity index (χ3n) is 3.28. The van der Waals surface area contributed by atoms with Crippen molar-refractivity contribution in [2.75, 3.05) is 0 Å². The number of carbonyl (C=O) groups excluding carboxylic acids is 1. The predicted molar refractivity (Wildman–Crippen MR) is 66.6 cm³/mol. The van der Waals surface area contributed by atoms with Gasteiger partial charge in [-0.3, -0.25) is 4.79 Å². The Morgan fingerprint density at radius 1 is 1.59 bits per heavy atom. The molecule has 0 bridgehead atoms. The molecular weight excluding hydrogens is 214 g/mol. The number of nitrogens with one attached hydrogen (secondary N) is 1. The van der Waals surface area contributed by atoms with E-state index < -0.39 is 0 Å². The Kier molecular flexibility index (Phi) is 3.18. The third kappa shape index (κ3) is 2.33. The molecule has 1 fully saturated rings. The van der Waals surface area contributed by atoms with E-state index in [-0.39, 0.29) is 17.9 Å². The summed E-state index contributed by atoms with van der Waals surface area (Å²) in [6.07, 6.45) is 3.31. The number of carbonyl (C=O) groups is 1. The van der Waals surface area contributed by atoms with Crippen molar-refractivity contribution < 1.29 is 9.90 Å². The first-order valence-corrected chi connectivity index (χ1v) is 5.82. The molecule has 1 heterocycles. The normalized spacial score (nSPS) is 23.5. The predicted octanol–water partition coefficient (Wildman–Crippen LogP) is 2.45. The summed E-state index contributed by atoms with van der Waals surface area (Å²) in [7, 11) is 0. The molecule has 1 aliphatic rings. The zero-order chi connectivity index (χ0) is 12.4. The van der Waals surface area contributed by atoms with Crippen molar-refractivity contribution >= 4 is 5.91 Å². The fourth-order valence-corrected chi connectivity index (χ4v) is 2.26. The SMILES string of the molecule is C=CC[C@H]1C[C@H](c2ccc(O)c(C)c2)NC1=O. The van der Waals surface area contributed by atoms with E-state index in [9.17, 15) is 9.90 Å². The Labute approximate surface area is 101 Å². The maximum absolute atomic E-state index is 11.7. The summed E-state index contributed by atoms with van der Waals surface area (Å²) in [4.78, 5) is 11.7. The first-order chi connectivity index (χ1) is 8.11. The standard InChI is InChI=1S/C14H17NO2/c1-3-4-11-8-12(15-14(11)17)10-5-6-13(16)9(2)7-10/h3,5-7,11-12,16H,1,4,8H2,2H3,(H,15,17)/t11-,12+/m0/s1. The fraction of sp³-hybridized carbons (Fsp3) is 0.357. The summed E-state index contributed by atoms with van der Waals surface area (Å²) in [5.41, 5.74) is 1.89. The Morgan fingerprint density at radius 3 is 3.00 bits per heavy atom. The number of allylic oxidation sites excluding steroid dienone is 1. The number of hydrogen-bond acceptors (Lipinski definition) is 2. The van der Waals surface area contributed by atoms with Crippen LogP contribution in [0.1, 0.15) is 30.0 Å². The Bertz CT molecular complexity index is 454. The quantitative estimate of drug-likeness (QED) is 0.785. The van der Waals surface area contributed by atoms with Gasteiger partial charge in [0.2, 0.25) is 5.91 Å². The van der Waals surface area contributed by atoms with Crippen LogP contribution in [-0.2, 0) is 4.79 Å². The van der Waals surface area contributed by atoms with Crippen molar-refractivity contribution in [2.45, 2.75) is 25.8 Å². The van der Waals surface area contributed by atoms with Gasteiger partial charge in [-0.1, -0.05) is 18.2 Å². The molecule has 2 atom stereocenters. The number of hydrogen-bond donors (Lipinski definition) is 2. The summed E-state index contributed by atoms with van der Waals surface area (Å²) < 4.78 is 0. The second-order valence-corrected chi connectivity index (χ2v) is 4.56. The topological polar surface area (TPSA) is 49.3 Å². The van der Waals surface area contributed by atoms with E-state index >= 15 is 0 Å². The zero-order valence-electron chi connectivity index (χ0n) is 9.94. The van der Waals surface area contributed by atoms with Gasteiger partial charge in [0.25, 0.3) is 0 Å². The highest BCUT2D eigenvalue weighted by molar-refractivity contribution is 5.81. The van der Waals surface area contributed by atoms with Gasteiger partial charge in [-0.05, 0) is 37.0 Å². The van der Waals surface area contributed by atoms with Gasteiger partial charge in [-0.15, -0.1) is 6.58 Å². The molecule has 2 rings (SSSR count). The number of phenolic OH excluding ortho intramolecular Hbond substituents is 1. The van der Waals surface area contributed by atoms with Gasteiger partial charge >= 0.3 is 0 Å². The van der Waals surface area contributed by atoms with Gasteiger partial charge in [0.1, 0.15) is 5.75 Å². The molecule has 0 unspecified atom stereocenters. The van der Waals surface area contributed by atoms with Crippen LogP contribution in [0.25, 0.3) is 0 Å². The van der Waals surface area contributed by atoms with E-state index in [1.807, 2.05) is 19.1 Å². The summed E-state index contributed by atoms with van der Waals surface area (Å²) in [5.74, 6) is 0.424. The van der Waals surface area contributed by atoms with Crippen LogP contribution in [0.2, 0.25) is 0 Å². The number of aromatic hydroxyl groups is 1. The van der Waals surface area contributed by atoms with Crippen LogP contribution in [0.15, 0.2) is 30.9 Å². The van der Waals surface area contributed by atoms with Crippen molar-refractivity contribution in [1.82, 2.24) is 5.32 Å². The molecule has 3 heteroatoms. The van der Waals surface area contributed by atoms with Gasteiger partial charge in [0.15, 0.2) is 0 Å². The van der Waals surface area contributed by atoms with E-state index in [1.54, 1.807) is 12.1 Å². The van der Waals surface area contributed by atoms with Crippen LogP contribution >= 0.6 is 0 Å². The maximum Gasteiger partial charge on any atom is 0.223 e. The molecular formula is C14H17NO2. The lowest BCUT2D eigenvalue weighted by molar-refractivity contribution is -0.122. The van der Waals surface area contributed by atoms with Crippen LogP contribution in [0.3, 0.4) is 0 Å². The molecule has 1 aromatic rings. The smallest absolute Gasteiger partial charge is 0.223 e. The first-order valence-electron chi connectivity index (χ1n) is 5.82.